The Kier molecular flexibility index (Phi) is 5.60. The molecule has 6 nitrogen and oxygen atoms in total. The van der Waals surface area contributed by atoms with E-state index in [4.69, 9.17) is 0 Å². The molecular formula is C8H18O6P2. The summed E-state index contributed by atoms with van der Waals surface area (Å²) in [5, 5.41) is 0. The van der Waals surface area contributed by atoms with Gasteiger partial charge in [-0.1, -0.05) is 25.8 Å². The lowest BCUT2D eigenvalue weighted by molar-refractivity contribution is 0.299. The first kappa shape index (κ1) is 16.0. The van der Waals surface area contributed by atoms with Gasteiger partial charge >= 0.3 is 15.2 Å². The van der Waals surface area contributed by atoms with Crippen LogP contribution in [0.15, 0.2) is 12.7 Å². The third-order valence-electron chi connectivity index (χ3n) is 2.49. The molecule has 0 atom stereocenters. The van der Waals surface area contributed by atoms with Crippen molar-refractivity contribution in [2.45, 2.75) is 37.5 Å². The summed E-state index contributed by atoms with van der Waals surface area (Å²) in [5.74, 6) is 0. The van der Waals surface area contributed by atoms with E-state index in [0.29, 0.717) is 12.8 Å². The van der Waals surface area contributed by atoms with Gasteiger partial charge in [0.2, 0.25) is 0 Å². The second-order valence-electron chi connectivity index (χ2n) is 3.67. The highest BCUT2D eigenvalue weighted by Crippen LogP contribution is 2.72. The molecule has 0 aliphatic heterocycles. The predicted octanol–water partition coefficient (Wildman–Crippen LogP) is 1.80. The van der Waals surface area contributed by atoms with E-state index in [1.165, 1.54) is 0 Å². The Hall–Kier alpha value is 0.0400. The summed E-state index contributed by atoms with van der Waals surface area (Å²) in [5.41, 5.74) is 0. The van der Waals surface area contributed by atoms with Gasteiger partial charge in [-0.25, -0.2) is 0 Å². The highest BCUT2D eigenvalue weighted by molar-refractivity contribution is 7.72. The van der Waals surface area contributed by atoms with Crippen LogP contribution in [0.5, 0.6) is 0 Å². The molecule has 0 amide bonds. The Bertz CT molecular complexity index is 305. The molecule has 0 heterocycles. The van der Waals surface area contributed by atoms with Crippen LogP contribution in [0.3, 0.4) is 0 Å². The molecule has 0 fully saturated rings. The number of hydrogen-bond acceptors (Lipinski definition) is 2. The molecule has 4 N–H and O–H groups in total. The van der Waals surface area contributed by atoms with E-state index in [1.807, 2.05) is 0 Å². The van der Waals surface area contributed by atoms with Crippen LogP contribution >= 0.6 is 15.2 Å². The van der Waals surface area contributed by atoms with Gasteiger partial charge in [0.1, 0.15) is 0 Å². The van der Waals surface area contributed by atoms with E-state index in [1.54, 1.807) is 6.92 Å². The van der Waals surface area contributed by atoms with E-state index in [-0.39, 0.29) is 6.42 Å². The summed E-state index contributed by atoms with van der Waals surface area (Å²) in [4.78, 5) is 34.5. The van der Waals surface area contributed by atoms with Gasteiger partial charge in [0, 0.05) is 0 Å². The Labute approximate surface area is 94.7 Å². The van der Waals surface area contributed by atoms with Gasteiger partial charge in [-0.2, -0.15) is 0 Å². The van der Waals surface area contributed by atoms with Crippen LogP contribution < -0.4 is 0 Å². The number of rotatable bonds is 7. The summed E-state index contributed by atoms with van der Waals surface area (Å²) in [6.07, 6.45) is 1.45. The van der Waals surface area contributed by atoms with E-state index < -0.39 is 26.5 Å². The van der Waals surface area contributed by atoms with Crippen LogP contribution in [0.2, 0.25) is 0 Å². The third kappa shape index (κ3) is 3.27. The second kappa shape index (κ2) is 5.58. The van der Waals surface area contributed by atoms with Gasteiger partial charge in [-0.05, 0) is 12.8 Å². The van der Waals surface area contributed by atoms with Gasteiger partial charge in [-0.15, -0.1) is 6.58 Å². The molecule has 0 bridgehead atoms. The molecule has 0 unspecified atom stereocenters. The first-order valence-corrected chi connectivity index (χ1v) is 8.07. The van der Waals surface area contributed by atoms with Crippen LogP contribution in [0.1, 0.15) is 32.6 Å². The van der Waals surface area contributed by atoms with E-state index in [2.05, 4.69) is 6.58 Å². The number of hydrogen-bond donors (Lipinski definition) is 4. The van der Waals surface area contributed by atoms with E-state index in [9.17, 15) is 28.7 Å². The van der Waals surface area contributed by atoms with Crippen LogP contribution in [0.25, 0.3) is 0 Å². The van der Waals surface area contributed by atoms with Gasteiger partial charge in [0.15, 0.2) is 4.90 Å². The van der Waals surface area contributed by atoms with Crippen molar-refractivity contribution < 1.29 is 28.7 Å². The van der Waals surface area contributed by atoms with Crippen molar-refractivity contribution in [1.82, 2.24) is 0 Å². The molecule has 0 aromatic carbocycles. The Morgan fingerprint density at radius 2 is 1.62 bits per heavy atom. The van der Waals surface area contributed by atoms with Crippen molar-refractivity contribution in [3.8, 4) is 0 Å². The van der Waals surface area contributed by atoms with Gasteiger partial charge in [0.25, 0.3) is 0 Å². The lowest BCUT2D eigenvalue weighted by Gasteiger charge is -2.33. The molecule has 0 aromatic heterocycles. The fraction of sp³-hybridized carbons (Fsp3) is 0.750. The third-order valence-corrected chi connectivity index (χ3v) is 7.03. The van der Waals surface area contributed by atoms with Crippen LogP contribution in [0, 0.1) is 0 Å². The quantitative estimate of drug-likeness (QED) is 0.415. The zero-order chi connectivity index (χ0) is 13.0. The van der Waals surface area contributed by atoms with Crippen molar-refractivity contribution in [3.63, 3.8) is 0 Å². The first-order chi connectivity index (χ1) is 7.12. The van der Waals surface area contributed by atoms with Gasteiger partial charge in [0.05, 0.1) is 0 Å². The van der Waals surface area contributed by atoms with E-state index >= 15 is 0 Å². The average Bonchev–Trinajstić information content (AvgIpc) is 2.08. The first-order valence-electron chi connectivity index (χ1n) is 4.84. The maximum absolute atomic E-state index is 11.4. The van der Waals surface area contributed by atoms with Crippen LogP contribution in [-0.4, -0.2) is 24.5 Å². The zero-order valence-electron chi connectivity index (χ0n) is 9.11. The molecule has 0 saturated heterocycles. The minimum atomic E-state index is -4.91. The summed E-state index contributed by atoms with van der Waals surface area (Å²) in [6, 6.07) is 0. The molecule has 0 saturated carbocycles. The maximum atomic E-state index is 11.4. The molecule has 0 aliphatic carbocycles. The molecular weight excluding hydrogens is 254 g/mol. The van der Waals surface area contributed by atoms with Crippen molar-refractivity contribution in [2.24, 2.45) is 0 Å². The Morgan fingerprint density at radius 3 is 1.88 bits per heavy atom. The molecule has 16 heavy (non-hydrogen) atoms. The molecule has 0 spiro atoms. The lowest BCUT2D eigenvalue weighted by Crippen LogP contribution is -2.28. The highest BCUT2D eigenvalue weighted by atomic mass is 31.2. The fourth-order valence-electron chi connectivity index (χ4n) is 1.49. The summed E-state index contributed by atoms with van der Waals surface area (Å²) >= 11 is 0. The van der Waals surface area contributed by atoms with E-state index in [0.717, 1.165) is 6.08 Å². The molecule has 8 heteroatoms. The largest absolute Gasteiger partial charge is 0.344 e. The van der Waals surface area contributed by atoms with Crippen molar-refractivity contribution in [1.29, 1.82) is 0 Å². The highest BCUT2D eigenvalue weighted by Gasteiger charge is 2.58. The summed E-state index contributed by atoms with van der Waals surface area (Å²) in [6.45, 7) is 5.07. The Morgan fingerprint density at radius 1 is 1.19 bits per heavy atom. The second-order valence-corrected chi connectivity index (χ2v) is 7.91. The summed E-state index contributed by atoms with van der Waals surface area (Å²) < 4.78 is 22.7. The summed E-state index contributed by atoms with van der Waals surface area (Å²) in [7, 11) is -9.82. The maximum Gasteiger partial charge on any atom is 0.344 e. The van der Waals surface area contributed by atoms with Crippen LogP contribution in [0.4, 0.5) is 0 Å². The smallest absolute Gasteiger partial charge is 0.324 e. The van der Waals surface area contributed by atoms with Gasteiger partial charge in [-0.3, -0.25) is 9.13 Å². The molecule has 0 rings (SSSR count). The van der Waals surface area contributed by atoms with Crippen molar-refractivity contribution in [2.75, 3.05) is 0 Å². The zero-order valence-corrected chi connectivity index (χ0v) is 10.9. The number of unbranched alkanes of at least 4 members (excludes halogenated alkanes) is 1. The Balaban J connectivity index is 5.50. The molecule has 0 aliphatic rings. The van der Waals surface area contributed by atoms with Crippen molar-refractivity contribution >= 4 is 15.2 Å². The molecule has 0 radical (unpaired) electrons. The molecule has 96 valence electrons. The minimum absolute atomic E-state index is 0.218. The topological polar surface area (TPSA) is 115 Å². The number of allylic oxidation sites excluding steroid dienone is 1. The monoisotopic (exact) mass is 272 g/mol. The SMILES string of the molecule is C=CCC(CCCC)(P(=O)(O)O)P(=O)(O)O. The van der Waals surface area contributed by atoms with Crippen molar-refractivity contribution in [3.05, 3.63) is 12.7 Å². The minimum Gasteiger partial charge on any atom is -0.324 e. The predicted molar refractivity (Wildman–Crippen MR) is 61.2 cm³/mol. The standard InChI is InChI=1S/C8H18O6P2/c1-3-5-7-8(6-4-2,15(9,10)11)16(12,13)14/h4H,2-3,5-7H2,1H3,(H2,9,10,11)(H2,12,13,14). The average molecular weight is 272 g/mol. The van der Waals surface area contributed by atoms with Gasteiger partial charge < -0.3 is 19.6 Å². The molecule has 0 aromatic rings. The normalized spacial score (nSPS) is 13.8. The van der Waals surface area contributed by atoms with Crippen LogP contribution in [-0.2, 0) is 9.13 Å². The fourth-order valence-corrected chi connectivity index (χ4v) is 4.48. The lowest BCUT2D eigenvalue weighted by atomic mass is 10.1.